The average molecular weight is 735 g/mol. The number of carbonyl (C=O) groups excluding carboxylic acids is 1. The van der Waals surface area contributed by atoms with Crippen LogP contribution in [0.4, 0.5) is 27.6 Å². The molecule has 1 aliphatic rings. The van der Waals surface area contributed by atoms with Gasteiger partial charge < -0.3 is 9.73 Å². The van der Waals surface area contributed by atoms with Crippen molar-refractivity contribution in [3.8, 4) is 22.6 Å². The van der Waals surface area contributed by atoms with Crippen LogP contribution in [0.15, 0.2) is 71.1 Å². The van der Waals surface area contributed by atoms with Crippen LogP contribution in [0.3, 0.4) is 0 Å². The van der Waals surface area contributed by atoms with Gasteiger partial charge in [-0.3, -0.25) is 18.4 Å². The highest BCUT2D eigenvalue weighted by Gasteiger charge is 2.44. The van der Waals surface area contributed by atoms with E-state index in [1.807, 2.05) is 0 Å². The van der Waals surface area contributed by atoms with Gasteiger partial charge in [-0.2, -0.15) is 0 Å². The second-order valence-electron chi connectivity index (χ2n) is 12.7. The van der Waals surface area contributed by atoms with Crippen molar-refractivity contribution in [2.45, 2.75) is 12.5 Å². The number of furan rings is 1. The van der Waals surface area contributed by atoms with Crippen molar-refractivity contribution in [1.82, 2.24) is 24.6 Å². The van der Waals surface area contributed by atoms with Crippen molar-refractivity contribution < 1.29 is 39.6 Å². The summed E-state index contributed by atoms with van der Waals surface area (Å²) in [5.74, 6) is -5.61. The number of fused-ring (bicyclic) bond motifs is 6. The second kappa shape index (κ2) is 11.7. The predicted molar refractivity (Wildman–Crippen MR) is 185 cm³/mol. The number of rotatable bonds is 7. The van der Waals surface area contributed by atoms with Crippen LogP contribution in [0.2, 0.25) is 0 Å². The number of halogens is 5. The zero-order valence-corrected chi connectivity index (χ0v) is 28.5. The SMILES string of the molecule is CNC(=O)c1c(-c2ccc(F)cc2F)oc2cc(N(C)S(C)(=O)=O)c(-c3ccc4nc(CN5CC(F)(F)C5)n5c6cccc(F)c6cc5c4n3)cc12. The summed E-state index contributed by atoms with van der Waals surface area (Å²) in [7, 11) is -1.21. The number of nitrogens with zero attached hydrogens (tertiary/aromatic N) is 5. The van der Waals surface area contributed by atoms with Gasteiger partial charge in [0.15, 0.2) is 5.76 Å². The zero-order valence-electron chi connectivity index (χ0n) is 27.6. The van der Waals surface area contributed by atoms with Crippen LogP contribution in [0, 0.1) is 17.5 Å². The fourth-order valence-corrected chi connectivity index (χ4v) is 7.24. The van der Waals surface area contributed by atoms with E-state index >= 15 is 8.78 Å². The first-order valence-corrected chi connectivity index (χ1v) is 17.7. The Kier molecular flexibility index (Phi) is 7.55. The van der Waals surface area contributed by atoms with Crippen LogP contribution < -0.4 is 9.62 Å². The normalized spacial score (nSPS) is 14.8. The minimum absolute atomic E-state index is 0.0333. The summed E-state index contributed by atoms with van der Waals surface area (Å²) < 4.78 is 106. The number of pyridine rings is 1. The van der Waals surface area contributed by atoms with E-state index in [9.17, 15) is 26.4 Å². The van der Waals surface area contributed by atoms with Crippen LogP contribution in [0.25, 0.3) is 61.0 Å². The van der Waals surface area contributed by atoms with Crippen LogP contribution >= 0.6 is 0 Å². The fourth-order valence-electron chi connectivity index (χ4n) is 6.73. The molecule has 7 aromatic rings. The largest absolute Gasteiger partial charge is 0.455 e. The lowest BCUT2D eigenvalue weighted by atomic mass is 10.0. The maximum Gasteiger partial charge on any atom is 0.272 e. The number of alkyl halides is 2. The van der Waals surface area contributed by atoms with E-state index < -0.39 is 52.4 Å². The molecule has 1 aliphatic heterocycles. The Morgan fingerprint density at radius 2 is 1.71 bits per heavy atom. The Bertz CT molecular complexity index is 2760. The number of sulfonamides is 1. The van der Waals surface area contributed by atoms with Crippen molar-refractivity contribution in [1.29, 1.82) is 0 Å². The lowest BCUT2D eigenvalue weighted by molar-refractivity contribution is -0.134. The maximum atomic E-state index is 15.1. The molecule has 52 heavy (non-hydrogen) atoms. The molecular formula is C36H27F5N6O4S. The number of hydrogen-bond acceptors (Lipinski definition) is 7. The predicted octanol–water partition coefficient (Wildman–Crippen LogP) is 6.74. The van der Waals surface area contributed by atoms with Gasteiger partial charge in [0, 0.05) is 42.6 Å². The van der Waals surface area contributed by atoms with Gasteiger partial charge >= 0.3 is 0 Å². The Balaban J connectivity index is 1.39. The van der Waals surface area contributed by atoms with Gasteiger partial charge in [-0.05, 0) is 48.5 Å². The molecule has 0 bridgehead atoms. The van der Waals surface area contributed by atoms with Crippen LogP contribution in [0.5, 0.6) is 0 Å². The van der Waals surface area contributed by atoms with Gasteiger partial charge in [-0.25, -0.2) is 40.3 Å². The highest BCUT2D eigenvalue weighted by molar-refractivity contribution is 7.92. The summed E-state index contributed by atoms with van der Waals surface area (Å²) in [5, 5.41) is 2.95. The topological polar surface area (TPSA) is 113 Å². The summed E-state index contributed by atoms with van der Waals surface area (Å²) >= 11 is 0. The second-order valence-corrected chi connectivity index (χ2v) is 14.8. The Morgan fingerprint density at radius 1 is 0.942 bits per heavy atom. The molecule has 1 fully saturated rings. The van der Waals surface area contributed by atoms with Crippen LogP contribution in [-0.2, 0) is 16.6 Å². The van der Waals surface area contributed by atoms with E-state index in [0.29, 0.717) is 34.0 Å². The lowest BCUT2D eigenvalue weighted by Gasteiger charge is -2.38. The monoisotopic (exact) mass is 734 g/mol. The van der Waals surface area contributed by atoms with Gasteiger partial charge in [0.25, 0.3) is 11.8 Å². The first-order valence-electron chi connectivity index (χ1n) is 15.9. The highest BCUT2D eigenvalue weighted by atomic mass is 32.2. The molecule has 5 heterocycles. The zero-order chi connectivity index (χ0) is 36.9. The lowest BCUT2D eigenvalue weighted by Crippen LogP contribution is -2.55. The smallest absolute Gasteiger partial charge is 0.272 e. The number of amides is 1. The molecule has 16 heteroatoms. The number of carbonyl (C=O) groups is 1. The summed E-state index contributed by atoms with van der Waals surface area (Å²) in [6.45, 7) is -0.830. The molecule has 8 rings (SSSR count). The Labute approximate surface area is 292 Å². The average Bonchev–Trinajstić information content (AvgIpc) is 3.65. The molecule has 3 aromatic carbocycles. The molecule has 0 aliphatic carbocycles. The third-order valence-corrected chi connectivity index (χ3v) is 10.4. The molecule has 0 saturated carbocycles. The highest BCUT2D eigenvalue weighted by Crippen LogP contribution is 2.42. The third kappa shape index (κ3) is 5.40. The molecule has 0 atom stereocenters. The number of anilines is 1. The van der Waals surface area contributed by atoms with E-state index in [0.717, 1.165) is 22.7 Å². The van der Waals surface area contributed by atoms with Crippen LogP contribution in [0.1, 0.15) is 16.2 Å². The van der Waals surface area contributed by atoms with Crippen molar-refractivity contribution in [2.24, 2.45) is 0 Å². The minimum atomic E-state index is -3.90. The number of benzene rings is 3. The third-order valence-electron chi connectivity index (χ3n) is 9.24. The number of aromatic nitrogens is 3. The standard InChI is InChI=1S/C36H27F5N6O4S/c1-42-35(48)32-22-12-21(28(45(2)52(3,49)50)14-30(22)51-34(32)19-8-7-18(37)11-24(19)39)25-9-10-26-33(44-25)29-13-20-23(38)5-4-6-27(20)47(29)31(43-26)15-46-16-36(40,41)17-46/h4-14H,15-17H2,1-3H3,(H,42,48). The van der Waals surface area contributed by atoms with Crippen molar-refractivity contribution >= 4 is 60.0 Å². The summed E-state index contributed by atoms with van der Waals surface area (Å²) in [6, 6.07) is 15.0. The van der Waals surface area contributed by atoms with Crippen molar-refractivity contribution in [2.75, 3.05) is 37.7 Å². The molecule has 10 nitrogen and oxygen atoms in total. The van der Waals surface area contributed by atoms with Crippen LogP contribution in [-0.4, -0.2) is 73.0 Å². The number of hydrogen-bond donors (Lipinski definition) is 1. The molecule has 0 unspecified atom stereocenters. The molecule has 0 radical (unpaired) electrons. The van der Waals surface area contributed by atoms with E-state index in [-0.39, 0.29) is 56.7 Å². The summed E-state index contributed by atoms with van der Waals surface area (Å²) in [4.78, 5) is 24.5. The van der Waals surface area contributed by atoms with E-state index in [1.54, 1.807) is 28.7 Å². The van der Waals surface area contributed by atoms with Gasteiger partial charge in [-0.1, -0.05) is 6.07 Å². The first kappa shape index (κ1) is 33.5. The molecule has 4 aromatic heterocycles. The fraction of sp³-hybridized carbons (Fsp3) is 0.194. The molecule has 266 valence electrons. The minimum Gasteiger partial charge on any atom is -0.455 e. The van der Waals surface area contributed by atoms with Crippen molar-refractivity contribution in [3.63, 3.8) is 0 Å². The van der Waals surface area contributed by atoms with Crippen molar-refractivity contribution in [3.05, 3.63) is 95.6 Å². The van der Waals surface area contributed by atoms with Gasteiger partial charge in [0.05, 0.1) is 64.9 Å². The molecule has 1 amide bonds. The van der Waals surface area contributed by atoms with E-state index in [2.05, 4.69) is 5.32 Å². The Hall–Kier alpha value is -5.61. The number of likely N-dealkylation sites (tertiary alicyclic amines) is 1. The first-order chi connectivity index (χ1) is 24.6. The maximum absolute atomic E-state index is 15.1. The Morgan fingerprint density at radius 3 is 2.40 bits per heavy atom. The molecule has 1 saturated heterocycles. The van der Waals surface area contributed by atoms with Gasteiger partial charge in [0.1, 0.15) is 34.4 Å². The number of nitrogens with one attached hydrogen (secondary N) is 1. The van der Waals surface area contributed by atoms with Gasteiger partial charge in [-0.15, -0.1) is 0 Å². The molecule has 0 spiro atoms. The van der Waals surface area contributed by atoms with E-state index in [1.165, 1.54) is 43.3 Å². The molecule has 1 N–H and O–H groups in total. The molecular weight excluding hydrogens is 707 g/mol. The van der Waals surface area contributed by atoms with Gasteiger partial charge in [0.2, 0.25) is 10.0 Å². The van der Waals surface area contributed by atoms with E-state index in [4.69, 9.17) is 14.4 Å². The summed E-state index contributed by atoms with van der Waals surface area (Å²) in [5.41, 5.74) is 1.84. The summed E-state index contributed by atoms with van der Waals surface area (Å²) in [6.07, 6.45) is 0.996. The quantitative estimate of drug-likeness (QED) is 0.181.